The highest BCUT2D eigenvalue weighted by Gasteiger charge is 2.28. The van der Waals surface area contributed by atoms with Crippen LogP contribution < -0.4 is 5.32 Å². The number of thiophene rings is 1. The van der Waals surface area contributed by atoms with E-state index in [0.717, 1.165) is 52.2 Å². The van der Waals surface area contributed by atoms with Crippen LogP contribution in [0.15, 0.2) is 53.4 Å². The van der Waals surface area contributed by atoms with Crippen LogP contribution in [0.5, 0.6) is 0 Å². The highest BCUT2D eigenvalue weighted by atomic mass is 32.2. The quantitative estimate of drug-likeness (QED) is 0.357. The van der Waals surface area contributed by atoms with E-state index >= 15 is 0 Å². The molecule has 1 N–H and O–H groups in total. The van der Waals surface area contributed by atoms with E-state index in [-0.39, 0.29) is 4.90 Å². The monoisotopic (exact) mass is 500 g/mol. The molecule has 1 unspecified atom stereocenters. The lowest BCUT2D eigenvalue weighted by atomic mass is 9.88. The first kappa shape index (κ1) is 22.2. The van der Waals surface area contributed by atoms with Crippen molar-refractivity contribution in [3.8, 4) is 10.6 Å². The molecule has 0 saturated carbocycles. The van der Waals surface area contributed by atoms with Crippen LogP contribution in [-0.2, 0) is 27.5 Å². The smallest absolute Gasteiger partial charge is 0.240 e. The van der Waals surface area contributed by atoms with Gasteiger partial charge in [0, 0.05) is 10.4 Å². The number of para-hydroxylation sites is 1. The number of hydrogen-bond acceptors (Lipinski definition) is 6. The topological polar surface area (TPSA) is 76.1 Å². The molecule has 0 bridgehead atoms. The van der Waals surface area contributed by atoms with Gasteiger partial charge in [-0.15, -0.1) is 22.7 Å². The third-order valence-electron chi connectivity index (χ3n) is 5.77. The molecule has 0 spiro atoms. The number of carbonyl (C=O) groups is 1. The maximum atomic E-state index is 13.2. The van der Waals surface area contributed by atoms with Gasteiger partial charge in [-0.2, -0.15) is 0 Å². The highest BCUT2D eigenvalue weighted by molar-refractivity contribution is 7.92. The minimum absolute atomic E-state index is 0.0789. The maximum absolute atomic E-state index is 13.2. The summed E-state index contributed by atoms with van der Waals surface area (Å²) < 4.78 is 39.6. The lowest BCUT2D eigenvalue weighted by molar-refractivity contribution is -0.113. The third kappa shape index (κ3) is 4.45. The van der Waals surface area contributed by atoms with Crippen LogP contribution in [0.4, 0.5) is 9.39 Å². The normalized spacial score (nSPS) is 16.0. The largest absolute Gasteiger partial charge is 0.316 e. The summed E-state index contributed by atoms with van der Waals surface area (Å²) in [4.78, 5) is 18.8. The first-order chi connectivity index (χ1) is 15.8. The van der Waals surface area contributed by atoms with Crippen LogP contribution in [0.3, 0.4) is 0 Å². The summed E-state index contributed by atoms with van der Waals surface area (Å²) in [6.07, 6.45) is 2.90. The summed E-state index contributed by atoms with van der Waals surface area (Å²) in [5.41, 5.74) is 3.02. The van der Waals surface area contributed by atoms with E-state index in [0.29, 0.717) is 10.9 Å². The van der Waals surface area contributed by atoms with Gasteiger partial charge in [0.15, 0.2) is 9.84 Å². The van der Waals surface area contributed by atoms with Gasteiger partial charge in [0.2, 0.25) is 5.91 Å². The SMILES string of the molecule is CC1CCc2c(sc(NC(=O)CS(=O)(=O)c3ccc(F)cc3)c2-c2nc3ccccc3s2)C1. The highest BCUT2D eigenvalue weighted by Crippen LogP contribution is 2.47. The Morgan fingerprint density at radius 3 is 2.67 bits per heavy atom. The Hall–Kier alpha value is -2.62. The summed E-state index contributed by atoms with van der Waals surface area (Å²) in [5.74, 6) is -1.30. The fourth-order valence-electron chi connectivity index (χ4n) is 4.10. The van der Waals surface area contributed by atoms with E-state index in [1.807, 2.05) is 24.3 Å². The molecule has 33 heavy (non-hydrogen) atoms. The third-order valence-corrected chi connectivity index (χ3v) is 9.62. The molecular formula is C24H21FN2O3S3. The zero-order valence-corrected chi connectivity index (χ0v) is 20.2. The van der Waals surface area contributed by atoms with E-state index < -0.39 is 27.3 Å². The van der Waals surface area contributed by atoms with Crippen LogP contribution in [0.1, 0.15) is 23.8 Å². The number of hydrogen-bond donors (Lipinski definition) is 1. The predicted molar refractivity (Wildman–Crippen MR) is 131 cm³/mol. The van der Waals surface area contributed by atoms with Gasteiger partial charge in [0.25, 0.3) is 0 Å². The number of fused-ring (bicyclic) bond motifs is 2. The summed E-state index contributed by atoms with van der Waals surface area (Å²) in [6.45, 7) is 2.22. The Kier molecular flexibility index (Phi) is 5.80. The van der Waals surface area contributed by atoms with Gasteiger partial charge in [-0.1, -0.05) is 19.1 Å². The number of rotatable bonds is 5. The molecule has 5 rings (SSSR count). The van der Waals surface area contributed by atoms with Crippen LogP contribution in [-0.4, -0.2) is 25.1 Å². The van der Waals surface area contributed by atoms with Gasteiger partial charge >= 0.3 is 0 Å². The van der Waals surface area contributed by atoms with E-state index in [9.17, 15) is 17.6 Å². The fraction of sp³-hybridized carbons (Fsp3) is 0.250. The molecule has 0 radical (unpaired) electrons. The van der Waals surface area contributed by atoms with Crippen molar-refractivity contribution < 1.29 is 17.6 Å². The molecular weight excluding hydrogens is 479 g/mol. The van der Waals surface area contributed by atoms with Crippen molar-refractivity contribution in [2.24, 2.45) is 5.92 Å². The van der Waals surface area contributed by atoms with E-state index in [4.69, 9.17) is 4.98 Å². The van der Waals surface area contributed by atoms with Gasteiger partial charge in [-0.3, -0.25) is 4.79 Å². The molecule has 0 fully saturated rings. The molecule has 170 valence electrons. The van der Waals surface area contributed by atoms with Crippen molar-refractivity contribution in [2.45, 2.75) is 31.1 Å². The van der Waals surface area contributed by atoms with Crippen molar-refractivity contribution in [1.29, 1.82) is 0 Å². The first-order valence-corrected chi connectivity index (χ1v) is 13.9. The van der Waals surface area contributed by atoms with Gasteiger partial charge in [-0.25, -0.2) is 17.8 Å². The Bertz CT molecular complexity index is 1420. The number of halogens is 1. The molecule has 1 aliphatic carbocycles. The number of benzene rings is 2. The number of aromatic nitrogens is 1. The number of anilines is 1. The van der Waals surface area contributed by atoms with Crippen molar-refractivity contribution in [3.05, 3.63) is 64.8 Å². The van der Waals surface area contributed by atoms with Crippen molar-refractivity contribution in [3.63, 3.8) is 0 Å². The molecule has 2 aromatic heterocycles. The average molecular weight is 501 g/mol. The number of sulfone groups is 1. The number of carbonyl (C=O) groups excluding carboxylic acids is 1. The van der Waals surface area contributed by atoms with Crippen molar-refractivity contribution in [1.82, 2.24) is 4.98 Å². The van der Waals surface area contributed by atoms with Crippen LogP contribution >= 0.6 is 22.7 Å². The molecule has 2 heterocycles. The van der Waals surface area contributed by atoms with E-state index in [1.165, 1.54) is 33.9 Å². The fourth-order valence-corrected chi connectivity index (χ4v) is 7.78. The number of thiazole rings is 1. The van der Waals surface area contributed by atoms with Crippen LogP contribution in [0.25, 0.3) is 20.8 Å². The van der Waals surface area contributed by atoms with Crippen LogP contribution in [0, 0.1) is 11.7 Å². The lowest BCUT2D eigenvalue weighted by Gasteiger charge is -2.18. The lowest BCUT2D eigenvalue weighted by Crippen LogP contribution is -2.22. The average Bonchev–Trinajstić information content (AvgIpc) is 3.33. The Labute approximate surface area is 199 Å². The molecule has 1 aliphatic rings. The molecule has 0 aliphatic heterocycles. The number of amides is 1. The maximum Gasteiger partial charge on any atom is 0.240 e. The molecule has 0 saturated heterocycles. The Balaban J connectivity index is 1.48. The number of nitrogens with one attached hydrogen (secondary N) is 1. The Morgan fingerprint density at radius 1 is 1.15 bits per heavy atom. The van der Waals surface area contributed by atoms with Gasteiger partial charge in [-0.05, 0) is 67.1 Å². The van der Waals surface area contributed by atoms with E-state index in [1.54, 1.807) is 11.3 Å². The molecule has 4 aromatic rings. The zero-order chi connectivity index (χ0) is 23.2. The second-order valence-electron chi connectivity index (χ2n) is 8.30. The molecule has 2 aromatic carbocycles. The summed E-state index contributed by atoms with van der Waals surface area (Å²) in [5, 5.41) is 4.33. The van der Waals surface area contributed by atoms with Gasteiger partial charge < -0.3 is 5.32 Å². The molecule has 1 atom stereocenters. The van der Waals surface area contributed by atoms with Gasteiger partial charge in [0.1, 0.15) is 21.6 Å². The summed E-state index contributed by atoms with van der Waals surface area (Å²) in [6, 6.07) is 12.4. The molecule has 9 heteroatoms. The van der Waals surface area contributed by atoms with Crippen LogP contribution in [0.2, 0.25) is 0 Å². The number of nitrogens with zero attached hydrogens (tertiary/aromatic N) is 1. The summed E-state index contributed by atoms with van der Waals surface area (Å²) in [7, 11) is -3.89. The van der Waals surface area contributed by atoms with Gasteiger partial charge in [0.05, 0.1) is 15.1 Å². The van der Waals surface area contributed by atoms with Crippen molar-refractivity contribution >= 4 is 53.6 Å². The van der Waals surface area contributed by atoms with Crippen molar-refractivity contribution in [2.75, 3.05) is 11.1 Å². The zero-order valence-electron chi connectivity index (χ0n) is 17.8. The summed E-state index contributed by atoms with van der Waals surface area (Å²) >= 11 is 3.08. The standard InChI is InChI=1S/C24H21FN2O3S3/c1-14-6-11-17-20(12-14)32-24(22(17)23-26-18-4-2-3-5-19(18)31-23)27-21(28)13-33(29,30)16-9-7-15(25)8-10-16/h2-5,7-10,14H,6,11-13H2,1H3,(H,27,28). The first-order valence-electron chi connectivity index (χ1n) is 10.6. The predicted octanol–water partition coefficient (Wildman–Crippen LogP) is 5.70. The Morgan fingerprint density at radius 2 is 1.91 bits per heavy atom. The molecule has 5 nitrogen and oxygen atoms in total. The molecule has 1 amide bonds. The minimum Gasteiger partial charge on any atom is -0.316 e. The second-order valence-corrected chi connectivity index (χ2v) is 12.4. The van der Waals surface area contributed by atoms with E-state index in [2.05, 4.69) is 12.2 Å². The second kappa shape index (κ2) is 8.62. The minimum atomic E-state index is -3.89.